The maximum Gasteiger partial charge on any atom is 0.0178 e. The Labute approximate surface area is 107 Å². The first kappa shape index (κ1) is 12.1. The van der Waals surface area contributed by atoms with Crippen LogP contribution in [0.2, 0.25) is 0 Å². The Morgan fingerprint density at radius 1 is 1.25 bits per heavy atom. The summed E-state index contributed by atoms with van der Waals surface area (Å²) in [6.07, 6.45) is 3.61. The molecule has 88 valence electrons. The molecule has 16 heavy (non-hydrogen) atoms. The normalized spacial score (nSPS) is 20.6. The molecule has 1 aliphatic rings. The Morgan fingerprint density at radius 2 is 2.00 bits per heavy atom. The Hall–Kier alpha value is -0.340. The molecule has 0 aliphatic heterocycles. The van der Waals surface area contributed by atoms with E-state index in [0.29, 0.717) is 6.04 Å². The molecule has 1 aromatic carbocycles. The fourth-order valence-corrected chi connectivity index (χ4v) is 2.87. The van der Waals surface area contributed by atoms with Gasteiger partial charge in [-0.25, -0.2) is 0 Å². The lowest BCUT2D eigenvalue weighted by Crippen LogP contribution is -2.46. The van der Waals surface area contributed by atoms with Gasteiger partial charge in [0.2, 0.25) is 0 Å². The fraction of sp³-hybridized carbons (Fsp3) is 0.571. The highest BCUT2D eigenvalue weighted by Gasteiger charge is 2.22. The second-order valence-electron chi connectivity index (χ2n) is 5.75. The van der Waals surface area contributed by atoms with Gasteiger partial charge in [0.05, 0.1) is 0 Å². The molecule has 1 aromatic rings. The van der Waals surface area contributed by atoms with E-state index in [9.17, 15) is 0 Å². The zero-order valence-corrected chi connectivity index (χ0v) is 11.9. The molecule has 0 spiro atoms. The lowest BCUT2D eigenvalue weighted by molar-refractivity contribution is 0.335. The number of aryl methyl sites for hydroxylation is 1. The van der Waals surface area contributed by atoms with E-state index in [1.165, 1.54) is 34.9 Å². The van der Waals surface area contributed by atoms with Crippen molar-refractivity contribution in [2.45, 2.75) is 51.6 Å². The Bertz CT molecular complexity index is 379. The molecule has 2 heteroatoms. The van der Waals surface area contributed by atoms with Gasteiger partial charge in [0.25, 0.3) is 0 Å². The SMILES string of the molecule is CC(C)(C)NC1CCc2cc(Br)ccc2C1. The lowest BCUT2D eigenvalue weighted by atomic mass is 9.87. The number of nitrogens with one attached hydrogen (secondary N) is 1. The van der Waals surface area contributed by atoms with Crippen molar-refractivity contribution in [2.75, 3.05) is 0 Å². The van der Waals surface area contributed by atoms with Gasteiger partial charge in [0.15, 0.2) is 0 Å². The minimum Gasteiger partial charge on any atom is -0.309 e. The van der Waals surface area contributed by atoms with Gasteiger partial charge in [-0.05, 0) is 63.3 Å². The molecule has 2 rings (SSSR count). The second-order valence-corrected chi connectivity index (χ2v) is 6.66. The topological polar surface area (TPSA) is 12.0 Å². The molecule has 0 bridgehead atoms. The quantitative estimate of drug-likeness (QED) is 0.828. The van der Waals surface area contributed by atoms with E-state index in [0.717, 1.165) is 0 Å². The maximum absolute atomic E-state index is 3.70. The first-order chi connectivity index (χ1) is 7.44. The molecule has 0 aromatic heterocycles. The lowest BCUT2D eigenvalue weighted by Gasteiger charge is -2.32. The molecule has 1 atom stereocenters. The average molecular weight is 282 g/mol. The largest absolute Gasteiger partial charge is 0.309 e. The third kappa shape index (κ3) is 3.08. The van der Waals surface area contributed by atoms with Crippen molar-refractivity contribution in [1.29, 1.82) is 0 Å². The van der Waals surface area contributed by atoms with E-state index in [4.69, 9.17) is 0 Å². The molecular formula is C14H20BrN. The van der Waals surface area contributed by atoms with Crippen LogP contribution in [0.5, 0.6) is 0 Å². The van der Waals surface area contributed by atoms with E-state index in [1.807, 2.05) is 0 Å². The summed E-state index contributed by atoms with van der Waals surface area (Å²) in [6.45, 7) is 6.72. The number of rotatable bonds is 1. The Morgan fingerprint density at radius 3 is 2.69 bits per heavy atom. The van der Waals surface area contributed by atoms with Gasteiger partial charge in [-0.2, -0.15) is 0 Å². The number of hydrogen-bond donors (Lipinski definition) is 1. The molecule has 1 nitrogen and oxygen atoms in total. The predicted molar refractivity (Wildman–Crippen MR) is 72.8 cm³/mol. The van der Waals surface area contributed by atoms with Gasteiger partial charge in [-0.1, -0.05) is 22.0 Å². The highest BCUT2D eigenvalue weighted by atomic mass is 79.9. The highest BCUT2D eigenvalue weighted by molar-refractivity contribution is 9.10. The summed E-state index contributed by atoms with van der Waals surface area (Å²) in [6, 6.07) is 7.31. The standard InChI is InChI=1S/C14H20BrN/c1-14(2,3)16-13-7-5-10-8-12(15)6-4-11(10)9-13/h4,6,8,13,16H,5,7,9H2,1-3H3. The van der Waals surface area contributed by atoms with Crippen molar-refractivity contribution < 1.29 is 0 Å². The minimum absolute atomic E-state index is 0.220. The van der Waals surface area contributed by atoms with Crippen LogP contribution in [0, 0.1) is 0 Å². The molecule has 1 aliphatic carbocycles. The van der Waals surface area contributed by atoms with E-state index in [1.54, 1.807) is 0 Å². The van der Waals surface area contributed by atoms with Crippen LogP contribution in [-0.2, 0) is 12.8 Å². The van der Waals surface area contributed by atoms with Crippen LogP contribution in [0.4, 0.5) is 0 Å². The van der Waals surface area contributed by atoms with Gasteiger partial charge >= 0.3 is 0 Å². The van der Waals surface area contributed by atoms with Crippen LogP contribution in [0.25, 0.3) is 0 Å². The van der Waals surface area contributed by atoms with Crippen LogP contribution < -0.4 is 5.32 Å². The molecular weight excluding hydrogens is 262 g/mol. The molecule has 1 N–H and O–H groups in total. The average Bonchev–Trinajstić information content (AvgIpc) is 2.16. The van der Waals surface area contributed by atoms with E-state index in [2.05, 4.69) is 60.2 Å². The monoisotopic (exact) mass is 281 g/mol. The zero-order valence-electron chi connectivity index (χ0n) is 10.3. The van der Waals surface area contributed by atoms with Crippen molar-refractivity contribution in [3.05, 3.63) is 33.8 Å². The van der Waals surface area contributed by atoms with Crippen LogP contribution >= 0.6 is 15.9 Å². The summed E-state index contributed by atoms with van der Waals surface area (Å²) < 4.78 is 1.20. The Balaban J connectivity index is 2.09. The van der Waals surface area contributed by atoms with Gasteiger partial charge in [-0.15, -0.1) is 0 Å². The van der Waals surface area contributed by atoms with Crippen LogP contribution in [0.15, 0.2) is 22.7 Å². The summed E-state index contributed by atoms with van der Waals surface area (Å²) in [5.74, 6) is 0. The smallest absolute Gasteiger partial charge is 0.0178 e. The van der Waals surface area contributed by atoms with Crippen LogP contribution in [0.3, 0.4) is 0 Å². The van der Waals surface area contributed by atoms with Crippen molar-refractivity contribution in [1.82, 2.24) is 5.32 Å². The van der Waals surface area contributed by atoms with E-state index < -0.39 is 0 Å². The zero-order chi connectivity index (χ0) is 11.8. The predicted octanol–water partition coefficient (Wildman–Crippen LogP) is 3.69. The summed E-state index contributed by atoms with van der Waals surface area (Å²) in [5.41, 5.74) is 3.25. The van der Waals surface area contributed by atoms with Crippen molar-refractivity contribution in [2.24, 2.45) is 0 Å². The van der Waals surface area contributed by atoms with Crippen molar-refractivity contribution in [3.63, 3.8) is 0 Å². The van der Waals surface area contributed by atoms with E-state index in [-0.39, 0.29) is 5.54 Å². The second kappa shape index (κ2) is 4.50. The molecule has 0 heterocycles. The van der Waals surface area contributed by atoms with Crippen LogP contribution in [0.1, 0.15) is 38.3 Å². The highest BCUT2D eigenvalue weighted by Crippen LogP contribution is 2.25. The number of benzene rings is 1. The van der Waals surface area contributed by atoms with Gasteiger partial charge in [0, 0.05) is 16.1 Å². The molecule has 0 radical (unpaired) electrons. The first-order valence-corrected chi connectivity index (χ1v) is 6.78. The summed E-state index contributed by atoms with van der Waals surface area (Å²) >= 11 is 3.54. The summed E-state index contributed by atoms with van der Waals surface area (Å²) in [4.78, 5) is 0. The summed E-state index contributed by atoms with van der Waals surface area (Å²) in [7, 11) is 0. The van der Waals surface area contributed by atoms with Crippen LogP contribution in [-0.4, -0.2) is 11.6 Å². The van der Waals surface area contributed by atoms with Gasteiger partial charge < -0.3 is 5.32 Å². The number of halogens is 1. The van der Waals surface area contributed by atoms with Crippen molar-refractivity contribution >= 4 is 15.9 Å². The Kier molecular flexibility index (Phi) is 3.41. The fourth-order valence-electron chi connectivity index (χ4n) is 2.46. The molecule has 0 fully saturated rings. The molecule has 0 saturated heterocycles. The summed E-state index contributed by atoms with van der Waals surface area (Å²) in [5, 5.41) is 3.70. The van der Waals surface area contributed by atoms with Gasteiger partial charge in [-0.3, -0.25) is 0 Å². The van der Waals surface area contributed by atoms with Crippen molar-refractivity contribution in [3.8, 4) is 0 Å². The van der Waals surface area contributed by atoms with Gasteiger partial charge in [0.1, 0.15) is 0 Å². The molecule has 0 amide bonds. The van der Waals surface area contributed by atoms with E-state index >= 15 is 0 Å². The third-order valence-corrected chi connectivity index (χ3v) is 3.53. The number of hydrogen-bond acceptors (Lipinski definition) is 1. The number of fused-ring (bicyclic) bond motifs is 1. The minimum atomic E-state index is 0.220. The first-order valence-electron chi connectivity index (χ1n) is 5.99. The third-order valence-electron chi connectivity index (χ3n) is 3.03. The maximum atomic E-state index is 3.70. The molecule has 0 saturated carbocycles. The molecule has 1 unspecified atom stereocenters.